The molecular weight excluding hydrogens is 250 g/mol. The van der Waals surface area contributed by atoms with Gasteiger partial charge in [0, 0.05) is 31.2 Å². The van der Waals surface area contributed by atoms with Gasteiger partial charge in [-0.25, -0.2) is 0 Å². The van der Waals surface area contributed by atoms with Crippen LogP contribution in [-0.2, 0) is 0 Å². The third-order valence-electron chi connectivity index (χ3n) is 3.73. The van der Waals surface area contributed by atoms with Gasteiger partial charge in [-0.15, -0.1) is 0 Å². The Balaban J connectivity index is 2.21. The molecule has 0 bridgehead atoms. The summed E-state index contributed by atoms with van der Waals surface area (Å²) in [6.07, 6.45) is 0. The first kappa shape index (κ1) is 14.6. The molecule has 0 saturated carbocycles. The fraction of sp³-hybridized carbons (Fsp3) is 0.438. The molecule has 0 aliphatic carbocycles. The predicted molar refractivity (Wildman–Crippen MR) is 80.4 cm³/mol. The first-order valence-electron chi connectivity index (χ1n) is 6.91. The Morgan fingerprint density at radius 2 is 2.15 bits per heavy atom. The average Bonchev–Trinajstić information content (AvgIpc) is 2.47. The molecule has 1 heterocycles. The molecule has 2 N–H and O–H groups in total. The monoisotopic (exact) mass is 271 g/mol. The molecule has 1 saturated heterocycles. The molecule has 4 heteroatoms. The van der Waals surface area contributed by atoms with Crippen LogP contribution >= 0.6 is 0 Å². The zero-order chi connectivity index (χ0) is 14.5. The molecule has 20 heavy (non-hydrogen) atoms. The van der Waals surface area contributed by atoms with Gasteiger partial charge in [0.05, 0.1) is 12.1 Å². The van der Waals surface area contributed by atoms with Crippen molar-refractivity contribution in [3.05, 3.63) is 35.4 Å². The van der Waals surface area contributed by atoms with Crippen molar-refractivity contribution in [3.8, 4) is 11.8 Å². The Morgan fingerprint density at radius 1 is 1.40 bits per heavy atom. The average molecular weight is 271 g/mol. The van der Waals surface area contributed by atoms with Gasteiger partial charge in [0.25, 0.3) is 5.91 Å². The van der Waals surface area contributed by atoms with Crippen LogP contribution in [0.2, 0.25) is 0 Å². The fourth-order valence-corrected chi connectivity index (χ4v) is 2.33. The summed E-state index contributed by atoms with van der Waals surface area (Å²) in [5.41, 5.74) is 6.83. The highest BCUT2D eigenvalue weighted by molar-refractivity contribution is 5.96. The fourth-order valence-electron chi connectivity index (χ4n) is 2.33. The van der Waals surface area contributed by atoms with Crippen LogP contribution in [0.15, 0.2) is 24.3 Å². The third-order valence-corrected chi connectivity index (χ3v) is 3.73. The molecule has 1 unspecified atom stereocenters. The Kier molecular flexibility index (Phi) is 4.78. The molecule has 1 aliphatic heterocycles. The van der Waals surface area contributed by atoms with E-state index in [1.165, 1.54) is 0 Å². The van der Waals surface area contributed by atoms with E-state index in [9.17, 15) is 4.79 Å². The highest BCUT2D eigenvalue weighted by Gasteiger charge is 2.25. The minimum atomic E-state index is 0.0619. The number of nitrogens with two attached hydrogens (primary N) is 1. The maximum Gasteiger partial charge on any atom is 0.255 e. The third kappa shape index (κ3) is 3.19. The van der Waals surface area contributed by atoms with Crippen LogP contribution in [0.25, 0.3) is 0 Å². The first-order valence-corrected chi connectivity index (χ1v) is 6.91. The summed E-state index contributed by atoms with van der Waals surface area (Å²) in [5.74, 6) is 5.86. The van der Waals surface area contributed by atoms with Crippen molar-refractivity contribution in [3.63, 3.8) is 0 Å². The Hall–Kier alpha value is -1.83. The zero-order valence-electron chi connectivity index (χ0n) is 12.1. The number of amides is 1. The van der Waals surface area contributed by atoms with Crippen LogP contribution in [0.4, 0.5) is 0 Å². The van der Waals surface area contributed by atoms with E-state index in [1.807, 2.05) is 29.2 Å². The highest BCUT2D eigenvalue weighted by Crippen LogP contribution is 2.14. The minimum absolute atomic E-state index is 0.0619. The second-order valence-electron chi connectivity index (χ2n) is 5.13. The van der Waals surface area contributed by atoms with E-state index in [0.717, 1.165) is 25.2 Å². The van der Waals surface area contributed by atoms with Crippen LogP contribution in [0.3, 0.4) is 0 Å². The zero-order valence-corrected chi connectivity index (χ0v) is 12.1. The van der Waals surface area contributed by atoms with Gasteiger partial charge in [0.2, 0.25) is 0 Å². The smallest absolute Gasteiger partial charge is 0.255 e. The molecule has 1 aliphatic rings. The Morgan fingerprint density at radius 3 is 2.85 bits per heavy atom. The lowest BCUT2D eigenvalue weighted by Crippen LogP contribution is -2.52. The molecule has 4 nitrogen and oxygen atoms in total. The van der Waals surface area contributed by atoms with Crippen molar-refractivity contribution in [2.24, 2.45) is 5.73 Å². The van der Waals surface area contributed by atoms with Crippen LogP contribution in [0, 0.1) is 11.8 Å². The second kappa shape index (κ2) is 6.56. The number of hydrogen-bond donors (Lipinski definition) is 1. The maximum atomic E-state index is 12.6. The molecule has 1 amide bonds. The molecule has 1 aromatic carbocycles. The molecule has 0 aromatic heterocycles. The van der Waals surface area contributed by atoms with Gasteiger partial charge in [-0.05, 0) is 26.1 Å². The lowest BCUT2D eigenvalue weighted by atomic mass is 10.1. The second-order valence-corrected chi connectivity index (χ2v) is 5.13. The summed E-state index contributed by atoms with van der Waals surface area (Å²) < 4.78 is 0. The van der Waals surface area contributed by atoms with Gasteiger partial charge in [-0.1, -0.05) is 24.0 Å². The maximum absolute atomic E-state index is 12.6. The summed E-state index contributed by atoms with van der Waals surface area (Å²) in [5, 5.41) is 0. The molecule has 1 fully saturated rings. The summed E-state index contributed by atoms with van der Waals surface area (Å²) in [6.45, 7) is 4.86. The summed E-state index contributed by atoms with van der Waals surface area (Å²) in [4.78, 5) is 16.8. The van der Waals surface area contributed by atoms with E-state index >= 15 is 0 Å². The van der Waals surface area contributed by atoms with E-state index < -0.39 is 0 Å². The first-order chi connectivity index (χ1) is 9.63. The number of hydrogen-bond acceptors (Lipinski definition) is 3. The van der Waals surface area contributed by atoms with Crippen LogP contribution in [-0.4, -0.2) is 55.0 Å². The summed E-state index contributed by atoms with van der Waals surface area (Å²) >= 11 is 0. The summed E-state index contributed by atoms with van der Waals surface area (Å²) in [6, 6.07) is 7.86. The largest absolute Gasteiger partial charge is 0.336 e. The van der Waals surface area contributed by atoms with Gasteiger partial charge in [0.1, 0.15) is 0 Å². The summed E-state index contributed by atoms with van der Waals surface area (Å²) in [7, 11) is 2.09. The molecule has 1 aromatic rings. The quantitative estimate of drug-likeness (QED) is 0.768. The topological polar surface area (TPSA) is 49.6 Å². The highest BCUT2D eigenvalue weighted by atomic mass is 16.2. The van der Waals surface area contributed by atoms with Crippen molar-refractivity contribution >= 4 is 5.91 Å². The number of carbonyl (C=O) groups excluding carboxylic acids is 1. The van der Waals surface area contributed by atoms with E-state index in [2.05, 4.69) is 30.7 Å². The lowest BCUT2D eigenvalue weighted by molar-refractivity contribution is 0.0572. The van der Waals surface area contributed by atoms with Crippen LogP contribution in [0.1, 0.15) is 22.8 Å². The van der Waals surface area contributed by atoms with Crippen molar-refractivity contribution in [2.75, 3.05) is 33.2 Å². The standard InChI is InChI=1S/C16H21N3O/c1-13-12-19(11-10-18(13)2)16(20)15-8-4-3-6-14(15)7-5-9-17/h3-4,6,8,13H,9-12,17H2,1-2H3. The minimum Gasteiger partial charge on any atom is -0.336 e. The number of rotatable bonds is 1. The van der Waals surface area contributed by atoms with Gasteiger partial charge in [-0.2, -0.15) is 0 Å². The van der Waals surface area contributed by atoms with Crippen molar-refractivity contribution in [1.29, 1.82) is 0 Å². The van der Waals surface area contributed by atoms with Crippen LogP contribution < -0.4 is 5.73 Å². The number of carbonyl (C=O) groups is 1. The van der Waals surface area contributed by atoms with Gasteiger partial charge in [-0.3, -0.25) is 4.79 Å². The number of piperazine rings is 1. The normalized spacial score (nSPS) is 19.4. The molecule has 1 atom stereocenters. The molecule has 0 spiro atoms. The van der Waals surface area contributed by atoms with Crippen molar-refractivity contribution in [1.82, 2.24) is 9.80 Å². The van der Waals surface area contributed by atoms with E-state index in [-0.39, 0.29) is 5.91 Å². The van der Waals surface area contributed by atoms with E-state index in [0.29, 0.717) is 18.2 Å². The van der Waals surface area contributed by atoms with Gasteiger partial charge in [0.15, 0.2) is 0 Å². The molecule has 0 radical (unpaired) electrons. The predicted octanol–water partition coefficient (Wildman–Crippen LogP) is 0.773. The number of benzene rings is 1. The Labute approximate surface area is 120 Å². The number of nitrogens with zero attached hydrogens (tertiary/aromatic N) is 2. The van der Waals surface area contributed by atoms with Crippen molar-refractivity contribution in [2.45, 2.75) is 13.0 Å². The Bertz CT molecular complexity index is 544. The van der Waals surface area contributed by atoms with E-state index in [4.69, 9.17) is 5.73 Å². The molecular formula is C16H21N3O. The van der Waals surface area contributed by atoms with E-state index in [1.54, 1.807) is 0 Å². The SMILES string of the molecule is CC1CN(C(=O)c2ccccc2C#CCN)CCN1C. The molecule has 106 valence electrons. The van der Waals surface area contributed by atoms with Gasteiger partial charge < -0.3 is 15.5 Å². The number of likely N-dealkylation sites (N-methyl/N-ethyl adjacent to an activating group) is 1. The van der Waals surface area contributed by atoms with Crippen LogP contribution in [0.5, 0.6) is 0 Å². The van der Waals surface area contributed by atoms with Gasteiger partial charge >= 0.3 is 0 Å². The lowest BCUT2D eigenvalue weighted by Gasteiger charge is -2.37. The molecule has 2 rings (SSSR count). The van der Waals surface area contributed by atoms with Crippen molar-refractivity contribution < 1.29 is 4.79 Å².